The van der Waals surface area contributed by atoms with Gasteiger partial charge in [-0.3, -0.25) is 4.79 Å². The highest BCUT2D eigenvalue weighted by atomic mass is 16.5. The first-order valence-electron chi connectivity index (χ1n) is 6.63. The molecular formula is C15H16N2O3. The highest BCUT2D eigenvalue weighted by Gasteiger charge is 2.36. The van der Waals surface area contributed by atoms with Crippen LogP contribution in [0.1, 0.15) is 18.4 Å². The molecule has 104 valence electrons. The summed E-state index contributed by atoms with van der Waals surface area (Å²) in [5, 5.41) is 1.08. The molecule has 1 aromatic heterocycles. The smallest absolute Gasteiger partial charge is 0.328 e. The van der Waals surface area contributed by atoms with E-state index in [0.29, 0.717) is 19.4 Å². The summed E-state index contributed by atoms with van der Waals surface area (Å²) in [5.74, 6) is -0.332. The van der Waals surface area contributed by atoms with Crippen LogP contribution in [0.25, 0.3) is 10.9 Å². The van der Waals surface area contributed by atoms with Crippen molar-refractivity contribution >= 4 is 22.8 Å². The minimum Gasteiger partial charge on any atom is -0.467 e. The lowest BCUT2D eigenvalue weighted by Gasteiger charge is -2.22. The SMILES string of the molecule is COC(=O)[C@@H]1CCC(=O)N1Cc1c[nH]c2ccccc12. The van der Waals surface area contributed by atoms with Crippen molar-refractivity contribution in [3.8, 4) is 0 Å². The molecule has 5 nitrogen and oxygen atoms in total. The summed E-state index contributed by atoms with van der Waals surface area (Å²) in [6, 6.07) is 7.46. The minimum absolute atomic E-state index is 0.00526. The van der Waals surface area contributed by atoms with Crippen molar-refractivity contribution in [1.82, 2.24) is 9.88 Å². The number of benzene rings is 1. The van der Waals surface area contributed by atoms with Crippen molar-refractivity contribution in [2.45, 2.75) is 25.4 Å². The number of ether oxygens (including phenoxy) is 1. The van der Waals surface area contributed by atoms with Gasteiger partial charge in [-0.15, -0.1) is 0 Å². The van der Waals surface area contributed by atoms with Gasteiger partial charge in [0.2, 0.25) is 5.91 Å². The van der Waals surface area contributed by atoms with Crippen LogP contribution in [0.4, 0.5) is 0 Å². The van der Waals surface area contributed by atoms with Gasteiger partial charge in [-0.25, -0.2) is 4.79 Å². The van der Waals surface area contributed by atoms with Gasteiger partial charge in [-0.2, -0.15) is 0 Å². The molecule has 3 rings (SSSR count). The largest absolute Gasteiger partial charge is 0.467 e. The van der Waals surface area contributed by atoms with Gasteiger partial charge in [0.25, 0.3) is 0 Å². The van der Waals surface area contributed by atoms with Gasteiger partial charge in [0.05, 0.1) is 7.11 Å². The number of amides is 1. The Kier molecular flexibility index (Phi) is 3.18. The Bertz CT molecular complexity index is 662. The molecule has 0 aliphatic carbocycles. The predicted molar refractivity (Wildman–Crippen MR) is 73.9 cm³/mol. The summed E-state index contributed by atoms with van der Waals surface area (Å²) < 4.78 is 4.78. The number of carbonyl (C=O) groups is 2. The molecule has 0 radical (unpaired) electrons. The van der Waals surface area contributed by atoms with Crippen LogP contribution >= 0.6 is 0 Å². The second-order valence-corrected chi connectivity index (χ2v) is 4.96. The number of rotatable bonds is 3. The van der Waals surface area contributed by atoms with Crippen LogP contribution in [0.2, 0.25) is 0 Å². The molecular weight excluding hydrogens is 256 g/mol. The number of carbonyl (C=O) groups excluding carboxylic acids is 2. The number of H-pyrrole nitrogens is 1. The number of likely N-dealkylation sites (tertiary alicyclic amines) is 1. The minimum atomic E-state index is -0.457. The molecule has 1 saturated heterocycles. The maximum Gasteiger partial charge on any atom is 0.328 e. The van der Waals surface area contributed by atoms with E-state index in [-0.39, 0.29) is 11.9 Å². The van der Waals surface area contributed by atoms with Gasteiger partial charge in [0.15, 0.2) is 0 Å². The molecule has 0 spiro atoms. The first-order valence-corrected chi connectivity index (χ1v) is 6.63. The van der Waals surface area contributed by atoms with Crippen LogP contribution in [0.5, 0.6) is 0 Å². The Labute approximate surface area is 116 Å². The van der Waals surface area contributed by atoms with E-state index >= 15 is 0 Å². The Morgan fingerprint density at radius 3 is 3.05 bits per heavy atom. The summed E-state index contributed by atoms with van der Waals surface area (Å²) in [6.45, 7) is 0.433. The number of hydrogen-bond donors (Lipinski definition) is 1. The highest BCUT2D eigenvalue weighted by molar-refractivity contribution is 5.89. The predicted octanol–water partition coefficient (Wildman–Crippen LogP) is 1.83. The number of para-hydroxylation sites is 1. The number of fused-ring (bicyclic) bond motifs is 1. The van der Waals surface area contributed by atoms with Crippen LogP contribution < -0.4 is 0 Å². The van der Waals surface area contributed by atoms with E-state index in [4.69, 9.17) is 4.74 Å². The van der Waals surface area contributed by atoms with E-state index in [9.17, 15) is 9.59 Å². The molecule has 1 amide bonds. The summed E-state index contributed by atoms with van der Waals surface area (Å²) in [7, 11) is 1.36. The molecule has 5 heteroatoms. The second-order valence-electron chi connectivity index (χ2n) is 4.96. The normalized spacial score (nSPS) is 18.8. The maximum atomic E-state index is 12.0. The maximum absolute atomic E-state index is 12.0. The van der Waals surface area contributed by atoms with E-state index < -0.39 is 6.04 Å². The average Bonchev–Trinajstić information content (AvgIpc) is 3.04. The molecule has 2 aromatic rings. The summed E-state index contributed by atoms with van der Waals surface area (Å²) in [6.07, 6.45) is 2.83. The number of aromatic amines is 1. The third kappa shape index (κ3) is 2.05. The molecule has 2 heterocycles. The van der Waals surface area contributed by atoms with Gasteiger partial charge in [0, 0.05) is 30.1 Å². The molecule has 20 heavy (non-hydrogen) atoms. The van der Waals surface area contributed by atoms with Gasteiger partial charge < -0.3 is 14.6 Å². The molecule has 1 atom stereocenters. The number of nitrogens with zero attached hydrogens (tertiary/aromatic N) is 1. The van der Waals surface area contributed by atoms with E-state index in [0.717, 1.165) is 16.5 Å². The summed E-state index contributed by atoms with van der Waals surface area (Å²) in [4.78, 5) is 28.5. The molecule has 0 unspecified atom stereocenters. The first-order chi connectivity index (χ1) is 9.70. The van der Waals surface area contributed by atoms with Crippen molar-refractivity contribution in [2.75, 3.05) is 7.11 Å². The van der Waals surface area contributed by atoms with Crippen LogP contribution in [0.15, 0.2) is 30.5 Å². The van der Waals surface area contributed by atoms with Gasteiger partial charge >= 0.3 is 5.97 Å². The average molecular weight is 272 g/mol. The third-order valence-corrected chi connectivity index (χ3v) is 3.82. The quantitative estimate of drug-likeness (QED) is 0.867. The lowest BCUT2D eigenvalue weighted by atomic mass is 10.1. The molecule has 1 N–H and O–H groups in total. The van der Waals surface area contributed by atoms with Crippen LogP contribution in [-0.4, -0.2) is 34.9 Å². The Balaban J connectivity index is 1.89. The fraction of sp³-hybridized carbons (Fsp3) is 0.333. The highest BCUT2D eigenvalue weighted by Crippen LogP contribution is 2.25. The standard InChI is InChI=1S/C15H16N2O3/c1-20-15(19)13-6-7-14(18)17(13)9-10-8-16-12-5-3-2-4-11(10)12/h2-5,8,13,16H,6-7,9H2,1H3/t13-/m0/s1. The van der Waals surface area contributed by atoms with Gasteiger partial charge in [-0.05, 0) is 18.1 Å². The molecule has 1 aliphatic heterocycles. The molecule has 1 aromatic carbocycles. The summed E-state index contributed by atoms with van der Waals surface area (Å²) in [5.41, 5.74) is 2.05. The number of nitrogens with one attached hydrogen (secondary N) is 1. The van der Waals surface area contributed by atoms with Crippen LogP contribution in [-0.2, 0) is 20.9 Å². The van der Waals surface area contributed by atoms with E-state index in [1.807, 2.05) is 30.5 Å². The van der Waals surface area contributed by atoms with Crippen molar-refractivity contribution < 1.29 is 14.3 Å². The fourth-order valence-electron chi connectivity index (χ4n) is 2.76. The zero-order valence-electron chi connectivity index (χ0n) is 11.3. The molecule has 0 bridgehead atoms. The number of aromatic nitrogens is 1. The Morgan fingerprint density at radius 1 is 1.45 bits per heavy atom. The molecule has 0 saturated carbocycles. The van der Waals surface area contributed by atoms with Crippen LogP contribution in [0.3, 0.4) is 0 Å². The molecule has 1 aliphatic rings. The van der Waals surface area contributed by atoms with Gasteiger partial charge in [-0.1, -0.05) is 18.2 Å². The van der Waals surface area contributed by atoms with Crippen molar-refractivity contribution in [3.63, 3.8) is 0 Å². The number of hydrogen-bond acceptors (Lipinski definition) is 3. The molecule has 1 fully saturated rings. The van der Waals surface area contributed by atoms with Crippen molar-refractivity contribution in [3.05, 3.63) is 36.0 Å². The summed E-state index contributed by atoms with van der Waals surface area (Å²) >= 11 is 0. The number of methoxy groups -OCH3 is 1. The Hall–Kier alpha value is -2.30. The lowest BCUT2D eigenvalue weighted by molar-refractivity contribution is -0.149. The third-order valence-electron chi connectivity index (χ3n) is 3.82. The zero-order chi connectivity index (χ0) is 14.1. The van der Waals surface area contributed by atoms with Gasteiger partial charge in [0.1, 0.15) is 6.04 Å². The van der Waals surface area contributed by atoms with E-state index in [1.165, 1.54) is 7.11 Å². The number of esters is 1. The first kappa shape index (κ1) is 12.7. The fourth-order valence-corrected chi connectivity index (χ4v) is 2.76. The lowest BCUT2D eigenvalue weighted by Crippen LogP contribution is -2.38. The van der Waals surface area contributed by atoms with E-state index in [1.54, 1.807) is 4.90 Å². The second kappa shape index (κ2) is 5.00. The van der Waals surface area contributed by atoms with Crippen molar-refractivity contribution in [2.24, 2.45) is 0 Å². The Morgan fingerprint density at radius 2 is 2.25 bits per heavy atom. The van der Waals surface area contributed by atoms with E-state index in [2.05, 4.69) is 4.98 Å². The van der Waals surface area contributed by atoms with Crippen LogP contribution in [0, 0.1) is 0 Å². The van der Waals surface area contributed by atoms with Crippen molar-refractivity contribution in [1.29, 1.82) is 0 Å². The monoisotopic (exact) mass is 272 g/mol. The topological polar surface area (TPSA) is 62.4 Å². The zero-order valence-corrected chi connectivity index (χ0v) is 11.3.